The Morgan fingerprint density at radius 3 is 2.74 bits per heavy atom. The van der Waals surface area contributed by atoms with Gasteiger partial charge in [0.15, 0.2) is 5.78 Å². The Labute approximate surface area is 117 Å². The Morgan fingerprint density at radius 1 is 1.47 bits per heavy atom. The molecule has 0 bridgehead atoms. The van der Waals surface area contributed by atoms with Gasteiger partial charge >= 0.3 is 5.97 Å². The lowest BCUT2D eigenvalue weighted by atomic mass is 9.75. The molecule has 1 aliphatic rings. The second-order valence-electron chi connectivity index (χ2n) is 5.64. The Hall–Kier alpha value is -1.42. The van der Waals surface area contributed by atoms with E-state index in [2.05, 4.69) is 9.27 Å². The summed E-state index contributed by atoms with van der Waals surface area (Å²) < 4.78 is 4.23. The molecule has 0 amide bonds. The van der Waals surface area contributed by atoms with Gasteiger partial charge in [0, 0.05) is 12.0 Å². The van der Waals surface area contributed by atoms with Crippen molar-refractivity contribution in [1.29, 1.82) is 0 Å². The highest BCUT2D eigenvalue weighted by molar-refractivity contribution is 6.16. The van der Waals surface area contributed by atoms with Crippen molar-refractivity contribution in [1.82, 2.24) is 4.98 Å². The lowest BCUT2D eigenvalue weighted by molar-refractivity contribution is 0.0749. The first-order chi connectivity index (χ1) is 8.88. The molecule has 0 atom stereocenters. The minimum absolute atomic E-state index is 0.0185. The second-order valence-corrected chi connectivity index (χ2v) is 5.79. The SMILES string of the molecule is CCc1nc2c(cc1C(=O)OCl)C(=O)CC(C)(C)C2. The molecule has 2 rings (SSSR count). The summed E-state index contributed by atoms with van der Waals surface area (Å²) in [6.07, 6.45) is 1.78. The number of fused-ring (bicyclic) bond motifs is 1. The molecule has 0 saturated heterocycles. The summed E-state index contributed by atoms with van der Waals surface area (Å²) in [6.45, 7) is 5.99. The van der Waals surface area contributed by atoms with Crippen molar-refractivity contribution in [3.8, 4) is 0 Å². The van der Waals surface area contributed by atoms with Gasteiger partial charge < -0.3 is 4.29 Å². The number of hydrogen-bond acceptors (Lipinski definition) is 4. The lowest BCUT2D eigenvalue weighted by Gasteiger charge is -2.29. The van der Waals surface area contributed by atoms with Gasteiger partial charge in [-0.15, -0.1) is 0 Å². The summed E-state index contributed by atoms with van der Waals surface area (Å²) in [4.78, 5) is 28.2. The average Bonchev–Trinajstić information content (AvgIpc) is 2.35. The number of ketones is 1. The normalized spacial score (nSPS) is 16.9. The summed E-state index contributed by atoms with van der Waals surface area (Å²) >= 11 is 5.12. The summed E-state index contributed by atoms with van der Waals surface area (Å²) in [5.74, 6) is -0.642. The molecule has 0 aromatic carbocycles. The zero-order valence-corrected chi connectivity index (χ0v) is 12.0. The van der Waals surface area contributed by atoms with E-state index in [0.717, 1.165) is 12.1 Å². The molecule has 0 radical (unpaired) electrons. The van der Waals surface area contributed by atoms with Crippen LogP contribution in [0.1, 0.15) is 59.3 Å². The minimum atomic E-state index is -0.661. The number of rotatable bonds is 2. The quantitative estimate of drug-likeness (QED) is 0.836. The van der Waals surface area contributed by atoms with Crippen LogP contribution >= 0.6 is 11.9 Å². The highest BCUT2D eigenvalue weighted by Crippen LogP contribution is 2.34. The molecular formula is C14H16ClNO3. The average molecular weight is 282 g/mol. The molecule has 1 aromatic rings. The fourth-order valence-electron chi connectivity index (χ4n) is 2.50. The van der Waals surface area contributed by atoms with E-state index in [1.54, 1.807) is 6.07 Å². The number of aromatic nitrogens is 1. The van der Waals surface area contributed by atoms with Gasteiger partial charge in [-0.05, 0) is 24.3 Å². The number of hydrogen-bond donors (Lipinski definition) is 0. The number of nitrogens with zero attached hydrogens (tertiary/aromatic N) is 1. The molecule has 0 fully saturated rings. The van der Waals surface area contributed by atoms with Crippen molar-refractivity contribution < 1.29 is 13.9 Å². The highest BCUT2D eigenvalue weighted by Gasteiger charge is 2.33. The van der Waals surface area contributed by atoms with Gasteiger partial charge in [0.05, 0.1) is 17.0 Å². The van der Waals surface area contributed by atoms with Crippen LogP contribution in [-0.4, -0.2) is 16.7 Å². The maximum atomic E-state index is 12.1. The van der Waals surface area contributed by atoms with Crippen LogP contribution in [0.4, 0.5) is 0 Å². The fourth-order valence-corrected chi connectivity index (χ4v) is 2.59. The molecule has 19 heavy (non-hydrogen) atoms. The van der Waals surface area contributed by atoms with E-state index in [0.29, 0.717) is 24.1 Å². The van der Waals surface area contributed by atoms with Gasteiger partial charge in [0.25, 0.3) is 0 Å². The number of Topliss-reactive ketones (excluding diaryl/α,β-unsaturated/α-hetero) is 1. The molecule has 0 N–H and O–H groups in total. The molecule has 0 spiro atoms. The maximum absolute atomic E-state index is 12.1. The summed E-state index contributed by atoms with van der Waals surface area (Å²) in [6, 6.07) is 1.57. The van der Waals surface area contributed by atoms with Crippen LogP contribution in [0.5, 0.6) is 0 Å². The van der Waals surface area contributed by atoms with E-state index >= 15 is 0 Å². The molecule has 1 aromatic heterocycles. The van der Waals surface area contributed by atoms with Crippen LogP contribution in [0.3, 0.4) is 0 Å². The van der Waals surface area contributed by atoms with Crippen molar-refractivity contribution in [2.45, 2.75) is 40.0 Å². The van der Waals surface area contributed by atoms with Gasteiger partial charge in [0.2, 0.25) is 0 Å². The number of carbonyl (C=O) groups excluding carboxylic acids is 2. The van der Waals surface area contributed by atoms with Crippen LogP contribution in [-0.2, 0) is 17.1 Å². The number of aryl methyl sites for hydroxylation is 1. The second kappa shape index (κ2) is 4.93. The smallest absolute Gasteiger partial charge is 0.343 e. The predicted octanol–water partition coefficient (Wildman–Crippen LogP) is 3.11. The van der Waals surface area contributed by atoms with Crippen molar-refractivity contribution >= 4 is 23.6 Å². The molecule has 1 heterocycles. The maximum Gasteiger partial charge on any atom is 0.358 e. The van der Waals surface area contributed by atoms with Crippen LogP contribution in [0, 0.1) is 5.41 Å². The highest BCUT2D eigenvalue weighted by atomic mass is 35.5. The Bertz CT molecular complexity index is 552. The van der Waals surface area contributed by atoms with Crippen molar-refractivity contribution in [3.05, 3.63) is 28.6 Å². The molecule has 0 aliphatic heterocycles. The fraction of sp³-hybridized carbons (Fsp3) is 0.500. The van der Waals surface area contributed by atoms with E-state index in [4.69, 9.17) is 11.9 Å². The molecule has 4 nitrogen and oxygen atoms in total. The van der Waals surface area contributed by atoms with Crippen molar-refractivity contribution in [2.24, 2.45) is 5.41 Å². The van der Waals surface area contributed by atoms with Gasteiger partial charge in [-0.25, -0.2) is 4.79 Å². The number of carbonyl (C=O) groups is 2. The van der Waals surface area contributed by atoms with Crippen LogP contribution in [0.25, 0.3) is 0 Å². The summed E-state index contributed by atoms with van der Waals surface area (Å²) in [7, 11) is 0. The van der Waals surface area contributed by atoms with Crippen molar-refractivity contribution in [3.63, 3.8) is 0 Å². The van der Waals surface area contributed by atoms with E-state index < -0.39 is 5.97 Å². The summed E-state index contributed by atoms with van der Waals surface area (Å²) in [5.41, 5.74) is 2.10. The molecule has 0 saturated carbocycles. The first-order valence-corrected chi connectivity index (χ1v) is 6.57. The third-order valence-electron chi connectivity index (χ3n) is 3.39. The molecule has 0 unspecified atom stereocenters. The van der Waals surface area contributed by atoms with Crippen molar-refractivity contribution in [2.75, 3.05) is 0 Å². The van der Waals surface area contributed by atoms with E-state index in [1.165, 1.54) is 0 Å². The monoisotopic (exact) mass is 281 g/mol. The van der Waals surface area contributed by atoms with Gasteiger partial charge in [-0.2, -0.15) is 0 Å². The predicted molar refractivity (Wildman–Crippen MR) is 71.3 cm³/mol. The molecular weight excluding hydrogens is 266 g/mol. The van der Waals surface area contributed by atoms with Crippen LogP contribution in [0.15, 0.2) is 6.07 Å². The van der Waals surface area contributed by atoms with Gasteiger partial charge in [-0.1, -0.05) is 20.8 Å². The third-order valence-corrected chi connectivity index (χ3v) is 3.53. The van der Waals surface area contributed by atoms with Gasteiger partial charge in [-0.3, -0.25) is 9.78 Å². The Balaban J connectivity index is 2.57. The first-order valence-electron chi connectivity index (χ1n) is 6.27. The largest absolute Gasteiger partial charge is 0.358 e. The lowest BCUT2D eigenvalue weighted by Crippen LogP contribution is -2.29. The topological polar surface area (TPSA) is 56.3 Å². The van der Waals surface area contributed by atoms with Crippen LogP contribution in [0.2, 0.25) is 0 Å². The minimum Gasteiger partial charge on any atom is -0.343 e. The summed E-state index contributed by atoms with van der Waals surface area (Å²) in [5, 5.41) is 0. The van der Waals surface area contributed by atoms with E-state index in [-0.39, 0.29) is 16.8 Å². The standard InChI is InChI=1S/C14H16ClNO3/c1-4-10-9(13(18)19-15)5-8-11(16-10)6-14(2,3)7-12(8)17/h5H,4,6-7H2,1-3H3. The van der Waals surface area contributed by atoms with E-state index in [9.17, 15) is 9.59 Å². The zero-order valence-electron chi connectivity index (χ0n) is 11.2. The first kappa shape index (κ1) is 14.0. The third kappa shape index (κ3) is 2.63. The van der Waals surface area contributed by atoms with E-state index in [1.807, 2.05) is 20.8 Å². The molecule has 1 aliphatic carbocycles. The number of pyridine rings is 1. The molecule has 102 valence electrons. The zero-order chi connectivity index (χ0) is 14.2. The Kier molecular flexibility index (Phi) is 3.63. The Morgan fingerprint density at radius 2 is 2.16 bits per heavy atom. The molecule has 5 heteroatoms. The van der Waals surface area contributed by atoms with Crippen LogP contribution < -0.4 is 0 Å². The van der Waals surface area contributed by atoms with Gasteiger partial charge in [0.1, 0.15) is 11.9 Å². The number of halogens is 1.